The van der Waals surface area contributed by atoms with Crippen LogP contribution in [0.25, 0.3) is 0 Å². The summed E-state index contributed by atoms with van der Waals surface area (Å²) in [6, 6.07) is 0. The van der Waals surface area contributed by atoms with Gasteiger partial charge in [-0.25, -0.2) is 0 Å². The number of carboxylic acids is 1. The zero-order valence-electron chi connectivity index (χ0n) is 10.6. The van der Waals surface area contributed by atoms with Crippen LogP contribution < -0.4 is 0 Å². The molecular formula is C12H18O7. The van der Waals surface area contributed by atoms with E-state index < -0.39 is 48.9 Å². The molecule has 0 aromatic rings. The van der Waals surface area contributed by atoms with Gasteiger partial charge in [0.25, 0.3) is 0 Å². The van der Waals surface area contributed by atoms with Crippen molar-refractivity contribution >= 4 is 11.8 Å². The van der Waals surface area contributed by atoms with E-state index in [4.69, 9.17) is 19.7 Å². The Morgan fingerprint density at radius 1 is 1.42 bits per heavy atom. The monoisotopic (exact) mass is 274 g/mol. The number of fused-ring (bicyclic) bond motifs is 2. The van der Waals surface area contributed by atoms with Crippen LogP contribution in [0.1, 0.15) is 19.8 Å². The number of rotatable bonds is 6. The first-order valence-electron chi connectivity index (χ1n) is 6.29. The molecule has 0 radical (unpaired) electrons. The van der Waals surface area contributed by atoms with Gasteiger partial charge in [0, 0.05) is 13.0 Å². The number of ketones is 1. The van der Waals surface area contributed by atoms with Gasteiger partial charge in [-0.3, -0.25) is 9.59 Å². The quantitative estimate of drug-likeness (QED) is 0.541. The first kappa shape index (κ1) is 14.4. The zero-order chi connectivity index (χ0) is 14.2. The summed E-state index contributed by atoms with van der Waals surface area (Å²) in [6.07, 6.45) is -1.09. The van der Waals surface area contributed by atoms with Crippen molar-refractivity contribution in [2.24, 2.45) is 11.8 Å². The molecule has 7 nitrogen and oxygen atoms in total. The minimum atomic E-state index is -1.41. The van der Waals surface area contributed by atoms with Crippen LogP contribution in [0.2, 0.25) is 0 Å². The van der Waals surface area contributed by atoms with Gasteiger partial charge in [-0.1, -0.05) is 6.92 Å². The molecule has 19 heavy (non-hydrogen) atoms. The average Bonchev–Trinajstić information content (AvgIpc) is 2.89. The van der Waals surface area contributed by atoms with Crippen molar-refractivity contribution in [3.8, 4) is 0 Å². The Morgan fingerprint density at radius 2 is 2.11 bits per heavy atom. The van der Waals surface area contributed by atoms with E-state index in [1.165, 1.54) is 0 Å². The first-order chi connectivity index (χ1) is 8.97. The summed E-state index contributed by atoms with van der Waals surface area (Å²) in [4.78, 5) is 23.7. The summed E-state index contributed by atoms with van der Waals surface area (Å²) in [5, 5.41) is 27.3. The van der Waals surface area contributed by atoms with Crippen LogP contribution >= 0.6 is 0 Å². The maximum absolute atomic E-state index is 12.5. The molecule has 5 unspecified atom stereocenters. The number of carbonyl (C=O) groups is 2. The molecule has 0 aliphatic carbocycles. The third-order valence-corrected chi connectivity index (χ3v) is 3.98. The van der Waals surface area contributed by atoms with E-state index in [0.717, 1.165) is 0 Å². The Labute approximate surface area is 110 Å². The second-order valence-corrected chi connectivity index (χ2v) is 5.05. The second kappa shape index (κ2) is 5.16. The maximum Gasteiger partial charge on any atom is 0.314 e. The molecule has 0 spiro atoms. The molecule has 108 valence electrons. The third kappa shape index (κ3) is 2.06. The van der Waals surface area contributed by atoms with Crippen molar-refractivity contribution in [1.29, 1.82) is 0 Å². The Bertz CT molecular complexity index is 382. The molecule has 2 rings (SSSR count). The number of carbonyl (C=O) groups excluding carboxylic acids is 1. The Hall–Kier alpha value is -1.02. The number of aliphatic hydroxyl groups is 2. The maximum atomic E-state index is 12.5. The summed E-state index contributed by atoms with van der Waals surface area (Å²) >= 11 is 0. The molecular weight excluding hydrogens is 256 g/mol. The number of carboxylic acid groups (broad SMARTS) is 1. The molecule has 2 aliphatic rings. The van der Waals surface area contributed by atoms with Gasteiger partial charge in [0.05, 0.1) is 6.61 Å². The fourth-order valence-corrected chi connectivity index (χ4v) is 3.01. The molecule has 0 aromatic heterocycles. The zero-order valence-corrected chi connectivity index (χ0v) is 10.6. The second-order valence-electron chi connectivity index (χ2n) is 5.05. The standard InChI is InChI=1S/C12H18O7/c1-6-4-9-18-8(5-14)12(6,19-9)10(15)7(2-3-13)11(16)17/h6-9,13-14H,2-5H2,1H3,(H,16,17). The van der Waals surface area contributed by atoms with Crippen LogP contribution in [0.4, 0.5) is 0 Å². The van der Waals surface area contributed by atoms with Gasteiger partial charge in [0.15, 0.2) is 17.7 Å². The molecule has 2 aliphatic heterocycles. The summed E-state index contributed by atoms with van der Waals surface area (Å²) in [5.41, 5.74) is -1.41. The first-order valence-corrected chi connectivity index (χ1v) is 6.29. The lowest BCUT2D eigenvalue weighted by Crippen LogP contribution is -2.56. The number of ether oxygens (including phenoxy) is 2. The van der Waals surface area contributed by atoms with E-state index in [2.05, 4.69) is 0 Å². The number of hydrogen-bond acceptors (Lipinski definition) is 6. The third-order valence-electron chi connectivity index (χ3n) is 3.98. The van der Waals surface area contributed by atoms with Crippen LogP contribution in [0.5, 0.6) is 0 Å². The highest BCUT2D eigenvalue weighted by atomic mass is 16.8. The van der Waals surface area contributed by atoms with Crippen LogP contribution in [-0.2, 0) is 19.1 Å². The molecule has 0 aromatic carbocycles. The van der Waals surface area contributed by atoms with Gasteiger partial charge in [0.1, 0.15) is 12.0 Å². The molecule has 2 saturated heterocycles. The molecule has 0 saturated carbocycles. The summed E-state index contributed by atoms with van der Waals surface area (Å²) < 4.78 is 10.9. The van der Waals surface area contributed by atoms with E-state index in [1.807, 2.05) is 0 Å². The molecule has 2 heterocycles. The smallest absolute Gasteiger partial charge is 0.314 e. The molecule has 2 fully saturated rings. The topological polar surface area (TPSA) is 113 Å². The summed E-state index contributed by atoms with van der Waals surface area (Å²) in [5.74, 6) is -3.49. The SMILES string of the molecule is CC1CC2OC(CO)C1(C(=O)C(CCO)C(=O)O)O2. The van der Waals surface area contributed by atoms with E-state index in [-0.39, 0.29) is 12.3 Å². The van der Waals surface area contributed by atoms with Gasteiger partial charge in [-0.15, -0.1) is 0 Å². The van der Waals surface area contributed by atoms with Gasteiger partial charge in [0.2, 0.25) is 0 Å². The fourth-order valence-electron chi connectivity index (χ4n) is 3.01. The van der Waals surface area contributed by atoms with Gasteiger partial charge >= 0.3 is 5.97 Å². The average molecular weight is 274 g/mol. The fraction of sp³-hybridized carbons (Fsp3) is 0.833. The van der Waals surface area contributed by atoms with Crippen LogP contribution in [-0.4, -0.2) is 58.3 Å². The predicted molar refractivity (Wildman–Crippen MR) is 61.2 cm³/mol. The number of aliphatic hydroxyl groups excluding tert-OH is 2. The van der Waals surface area contributed by atoms with Crippen molar-refractivity contribution in [3.05, 3.63) is 0 Å². The number of aliphatic carboxylic acids is 1. The normalized spacial score (nSPS) is 38.4. The minimum Gasteiger partial charge on any atom is -0.481 e. The van der Waals surface area contributed by atoms with Crippen molar-refractivity contribution in [1.82, 2.24) is 0 Å². The van der Waals surface area contributed by atoms with Gasteiger partial charge in [-0.05, 0) is 12.3 Å². The lowest BCUT2D eigenvalue weighted by molar-refractivity contribution is -0.158. The predicted octanol–water partition coefficient (Wildman–Crippen LogP) is -0.849. The van der Waals surface area contributed by atoms with Crippen LogP contribution in [0.3, 0.4) is 0 Å². The van der Waals surface area contributed by atoms with Crippen molar-refractivity contribution in [2.75, 3.05) is 13.2 Å². The largest absolute Gasteiger partial charge is 0.481 e. The Balaban J connectivity index is 2.31. The van der Waals surface area contributed by atoms with E-state index in [9.17, 15) is 14.7 Å². The van der Waals surface area contributed by atoms with Gasteiger partial charge < -0.3 is 24.8 Å². The lowest BCUT2D eigenvalue weighted by atomic mass is 9.74. The van der Waals surface area contributed by atoms with Gasteiger partial charge in [-0.2, -0.15) is 0 Å². The van der Waals surface area contributed by atoms with Crippen molar-refractivity contribution < 1.29 is 34.4 Å². The highest BCUT2D eigenvalue weighted by Gasteiger charge is 2.65. The highest BCUT2D eigenvalue weighted by molar-refractivity contribution is 6.03. The molecule has 0 amide bonds. The van der Waals surface area contributed by atoms with Crippen LogP contribution in [0.15, 0.2) is 0 Å². The Morgan fingerprint density at radius 3 is 2.58 bits per heavy atom. The lowest BCUT2D eigenvalue weighted by Gasteiger charge is -2.35. The van der Waals surface area contributed by atoms with Crippen LogP contribution in [0, 0.1) is 11.8 Å². The molecule has 5 atom stereocenters. The molecule has 3 N–H and O–H groups in total. The van der Waals surface area contributed by atoms with E-state index in [1.54, 1.807) is 6.92 Å². The number of hydrogen-bond donors (Lipinski definition) is 3. The van der Waals surface area contributed by atoms with Crippen molar-refractivity contribution in [2.45, 2.75) is 37.8 Å². The summed E-state index contributed by atoms with van der Waals surface area (Å²) in [6.45, 7) is 0.972. The number of Topliss-reactive ketones (excluding diaryl/α,β-unsaturated/α-hetero) is 1. The summed E-state index contributed by atoms with van der Waals surface area (Å²) in [7, 11) is 0. The minimum absolute atomic E-state index is 0.172. The highest BCUT2D eigenvalue weighted by Crippen LogP contribution is 2.48. The molecule has 2 bridgehead atoms. The molecule has 7 heteroatoms. The van der Waals surface area contributed by atoms with E-state index >= 15 is 0 Å². The Kier molecular flexibility index (Phi) is 3.91. The van der Waals surface area contributed by atoms with E-state index in [0.29, 0.717) is 6.42 Å². The van der Waals surface area contributed by atoms with Crippen molar-refractivity contribution in [3.63, 3.8) is 0 Å².